The molecule has 1 aromatic carbocycles. The van der Waals surface area contributed by atoms with Crippen LogP contribution in [0.3, 0.4) is 0 Å². The van der Waals surface area contributed by atoms with Crippen LogP contribution in [-0.2, 0) is 21.8 Å². The van der Waals surface area contributed by atoms with E-state index in [1.165, 1.54) is 27.2 Å². The van der Waals surface area contributed by atoms with Gasteiger partial charge < -0.3 is 19.5 Å². The number of para-hydroxylation sites is 1. The van der Waals surface area contributed by atoms with Crippen LogP contribution in [0.25, 0.3) is 0 Å². The molecule has 0 atom stereocenters. The fourth-order valence-corrected chi connectivity index (χ4v) is 5.66. The molecule has 1 N–H and O–H groups in total. The first-order chi connectivity index (χ1) is 15.9. The molecular formula is C22H30FN5O4S. The van der Waals surface area contributed by atoms with Crippen molar-refractivity contribution in [2.45, 2.75) is 4.90 Å². The normalized spacial score (nSPS) is 18.4. The van der Waals surface area contributed by atoms with E-state index in [-0.39, 0.29) is 16.6 Å². The van der Waals surface area contributed by atoms with Crippen molar-refractivity contribution >= 4 is 21.6 Å². The molecule has 2 saturated heterocycles. The number of aryl methyl sites for hydroxylation is 1. The molecule has 11 heteroatoms. The maximum atomic E-state index is 14.0. The summed E-state index contributed by atoms with van der Waals surface area (Å²) in [5.41, 5.74) is 0.920. The number of piperazine rings is 1. The van der Waals surface area contributed by atoms with Crippen LogP contribution < -0.4 is 10.2 Å². The topological polar surface area (TPSA) is 87.1 Å². The van der Waals surface area contributed by atoms with Gasteiger partial charge in [0.05, 0.1) is 18.9 Å². The van der Waals surface area contributed by atoms with E-state index < -0.39 is 10.0 Å². The molecule has 180 valence electrons. The predicted octanol–water partition coefficient (Wildman–Crippen LogP) is 0.737. The van der Waals surface area contributed by atoms with Crippen molar-refractivity contribution in [3.8, 4) is 0 Å². The largest absolute Gasteiger partial charge is 0.379 e. The van der Waals surface area contributed by atoms with E-state index >= 15 is 0 Å². The summed E-state index contributed by atoms with van der Waals surface area (Å²) in [5, 5.41) is 2.88. The maximum Gasteiger partial charge on any atom is 0.267 e. The molecule has 2 aromatic rings. The van der Waals surface area contributed by atoms with Gasteiger partial charge in [0.1, 0.15) is 16.4 Å². The Kier molecular flexibility index (Phi) is 7.32. The van der Waals surface area contributed by atoms with E-state index in [4.69, 9.17) is 4.74 Å². The number of morpholine rings is 1. The van der Waals surface area contributed by atoms with E-state index in [9.17, 15) is 17.6 Å². The molecular weight excluding hydrogens is 449 g/mol. The second-order valence-electron chi connectivity index (χ2n) is 8.22. The molecule has 2 aliphatic rings. The van der Waals surface area contributed by atoms with Gasteiger partial charge in [-0.3, -0.25) is 9.69 Å². The lowest BCUT2D eigenvalue weighted by Crippen LogP contribution is -2.48. The van der Waals surface area contributed by atoms with Gasteiger partial charge in [0.25, 0.3) is 5.91 Å². The molecule has 1 aromatic heterocycles. The summed E-state index contributed by atoms with van der Waals surface area (Å²) < 4.78 is 47.8. The average Bonchev–Trinajstić information content (AvgIpc) is 3.23. The van der Waals surface area contributed by atoms with Gasteiger partial charge in [-0.2, -0.15) is 4.31 Å². The molecule has 0 bridgehead atoms. The van der Waals surface area contributed by atoms with E-state index in [0.717, 1.165) is 26.2 Å². The number of nitrogens with one attached hydrogen (secondary N) is 1. The molecule has 0 radical (unpaired) electrons. The minimum absolute atomic E-state index is 0.112. The fraction of sp³-hybridized carbons (Fsp3) is 0.500. The highest BCUT2D eigenvalue weighted by Crippen LogP contribution is 2.21. The van der Waals surface area contributed by atoms with Crippen molar-refractivity contribution < 1.29 is 22.3 Å². The monoisotopic (exact) mass is 479 g/mol. The number of rotatable bonds is 7. The number of carbonyl (C=O) groups is 1. The molecule has 9 nitrogen and oxygen atoms in total. The van der Waals surface area contributed by atoms with Gasteiger partial charge in [0.2, 0.25) is 10.0 Å². The van der Waals surface area contributed by atoms with E-state index in [0.29, 0.717) is 50.8 Å². The van der Waals surface area contributed by atoms with Gasteiger partial charge in [-0.1, -0.05) is 12.1 Å². The molecule has 2 fully saturated rings. The van der Waals surface area contributed by atoms with Gasteiger partial charge in [0, 0.05) is 65.6 Å². The fourth-order valence-electron chi connectivity index (χ4n) is 4.18. The maximum absolute atomic E-state index is 14.0. The van der Waals surface area contributed by atoms with Gasteiger partial charge in [-0.25, -0.2) is 12.8 Å². The molecule has 33 heavy (non-hydrogen) atoms. The van der Waals surface area contributed by atoms with Gasteiger partial charge in [-0.15, -0.1) is 0 Å². The van der Waals surface area contributed by atoms with Crippen LogP contribution in [0.1, 0.15) is 10.5 Å². The zero-order valence-electron chi connectivity index (χ0n) is 18.7. The quantitative estimate of drug-likeness (QED) is 0.630. The van der Waals surface area contributed by atoms with Crippen molar-refractivity contribution in [2.75, 3.05) is 70.5 Å². The number of anilines is 1. The van der Waals surface area contributed by atoms with Crippen molar-refractivity contribution in [1.29, 1.82) is 0 Å². The standard InChI is InChI=1S/C22H30FN5O4S/c1-25-17-18(33(30,31)28-12-14-32-15-13-28)16-21(25)22(29)24-6-7-26-8-10-27(11-9-26)20-5-3-2-4-19(20)23/h2-5,16-17H,6-15H2,1H3,(H,24,29). The number of nitrogens with zero attached hydrogens (tertiary/aromatic N) is 4. The zero-order chi connectivity index (χ0) is 23.4. The number of hydrogen-bond acceptors (Lipinski definition) is 6. The first-order valence-electron chi connectivity index (χ1n) is 11.1. The Morgan fingerprint density at radius 2 is 1.79 bits per heavy atom. The lowest BCUT2D eigenvalue weighted by molar-refractivity contribution is 0.0730. The van der Waals surface area contributed by atoms with Crippen LogP contribution in [0.15, 0.2) is 41.4 Å². The lowest BCUT2D eigenvalue weighted by Gasteiger charge is -2.36. The third kappa shape index (κ3) is 5.37. The average molecular weight is 480 g/mol. The minimum atomic E-state index is -3.65. The van der Waals surface area contributed by atoms with Crippen LogP contribution in [0.2, 0.25) is 0 Å². The Balaban J connectivity index is 1.27. The van der Waals surface area contributed by atoms with Gasteiger partial charge in [0.15, 0.2) is 0 Å². The number of aromatic nitrogens is 1. The highest BCUT2D eigenvalue weighted by molar-refractivity contribution is 7.89. The van der Waals surface area contributed by atoms with Crippen molar-refractivity contribution in [3.05, 3.63) is 48.0 Å². The van der Waals surface area contributed by atoms with Crippen molar-refractivity contribution in [2.24, 2.45) is 7.05 Å². The molecule has 4 rings (SSSR count). The second kappa shape index (κ2) is 10.2. The molecule has 3 heterocycles. The van der Waals surface area contributed by atoms with Crippen LogP contribution in [0.4, 0.5) is 10.1 Å². The van der Waals surface area contributed by atoms with E-state index in [1.54, 1.807) is 19.2 Å². The Morgan fingerprint density at radius 1 is 1.09 bits per heavy atom. The Bertz CT molecular complexity index is 1080. The summed E-state index contributed by atoms with van der Waals surface area (Å²) in [5.74, 6) is -0.526. The van der Waals surface area contributed by atoms with Gasteiger partial charge in [-0.05, 0) is 18.2 Å². The molecule has 0 spiro atoms. The molecule has 0 unspecified atom stereocenters. The van der Waals surface area contributed by atoms with Crippen LogP contribution in [-0.4, -0.2) is 93.7 Å². The van der Waals surface area contributed by atoms with Gasteiger partial charge >= 0.3 is 0 Å². The predicted molar refractivity (Wildman–Crippen MR) is 122 cm³/mol. The zero-order valence-corrected chi connectivity index (χ0v) is 19.6. The molecule has 1 amide bonds. The summed E-state index contributed by atoms with van der Waals surface area (Å²) in [6.07, 6.45) is 1.47. The van der Waals surface area contributed by atoms with E-state index in [2.05, 4.69) is 10.2 Å². The lowest BCUT2D eigenvalue weighted by atomic mass is 10.2. The smallest absolute Gasteiger partial charge is 0.267 e. The number of sulfonamides is 1. The summed E-state index contributed by atoms with van der Waals surface area (Å²) in [7, 11) is -1.99. The highest BCUT2D eigenvalue weighted by Gasteiger charge is 2.29. The third-order valence-corrected chi connectivity index (χ3v) is 7.96. The number of amides is 1. The minimum Gasteiger partial charge on any atom is -0.379 e. The Morgan fingerprint density at radius 3 is 2.48 bits per heavy atom. The number of ether oxygens (including phenoxy) is 1. The van der Waals surface area contributed by atoms with Crippen LogP contribution in [0.5, 0.6) is 0 Å². The number of carbonyl (C=O) groups excluding carboxylic acids is 1. The Hall–Kier alpha value is -2.47. The molecule has 0 aliphatic carbocycles. The van der Waals surface area contributed by atoms with Crippen LogP contribution >= 0.6 is 0 Å². The SMILES string of the molecule is Cn1cc(S(=O)(=O)N2CCOCC2)cc1C(=O)NCCN1CCN(c2ccccc2F)CC1. The molecule has 2 aliphatic heterocycles. The third-order valence-electron chi connectivity index (χ3n) is 6.10. The summed E-state index contributed by atoms with van der Waals surface area (Å²) >= 11 is 0. The second-order valence-corrected chi connectivity index (χ2v) is 10.2. The Labute approximate surface area is 193 Å². The van der Waals surface area contributed by atoms with Crippen molar-refractivity contribution in [3.63, 3.8) is 0 Å². The first-order valence-corrected chi connectivity index (χ1v) is 12.5. The highest BCUT2D eigenvalue weighted by atomic mass is 32.2. The number of benzene rings is 1. The summed E-state index contributed by atoms with van der Waals surface area (Å²) in [6.45, 7) is 5.45. The summed E-state index contributed by atoms with van der Waals surface area (Å²) in [6, 6.07) is 8.21. The number of halogens is 1. The van der Waals surface area contributed by atoms with Crippen molar-refractivity contribution in [1.82, 2.24) is 19.1 Å². The van der Waals surface area contributed by atoms with E-state index in [1.807, 2.05) is 11.0 Å². The first kappa shape index (κ1) is 23.7. The van der Waals surface area contributed by atoms with Crippen LogP contribution in [0, 0.1) is 5.82 Å². The molecule has 0 saturated carbocycles. The number of hydrogen-bond donors (Lipinski definition) is 1. The summed E-state index contributed by atoms with van der Waals surface area (Å²) in [4.78, 5) is 17.0.